The van der Waals surface area contributed by atoms with Crippen LogP contribution in [-0.2, 0) is 10.1 Å². The Balaban J connectivity index is 1.73. The summed E-state index contributed by atoms with van der Waals surface area (Å²) in [4.78, 5) is 12.0. The van der Waals surface area contributed by atoms with Crippen molar-refractivity contribution in [3.63, 3.8) is 0 Å². The molecule has 6 heteroatoms. The zero-order chi connectivity index (χ0) is 17.9. The number of carbonyl (C=O) groups is 1. The Morgan fingerprint density at radius 1 is 0.760 bits per heavy atom. The minimum Gasteiger partial charge on any atom is -0.322 e. The highest BCUT2D eigenvalue weighted by molar-refractivity contribution is 7.85. The van der Waals surface area contributed by atoms with Gasteiger partial charge in [0.1, 0.15) is 0 Å². The minimum absolute atomic E-state index is 0.224. The summed E-state index contributed by atoms with van der Waals surface area (Å²) in [5.41, 5.74) is 2.99. The van der Waals surface area contributed by atoms with E-state index in [4.69, 9.17) is 4.55 Å². The molecule has 25 heavy (non-hydrogen) atoms. The summed E-state index contributed by atoms with van der Waals surface area (Å²) in [5, 5.41) is 2.68. The number of hydrogen-bond acceptors (Lipinski definition) is 3. The van der Waals surface area contributed by atoms with Gasteiger partial charge in [-0.15, -0.1) is 0 Å². The molecule has 0 aliphatic rings. The molecule has 0 aromatic heterocycles. The molecular weight excluding hydrogens is 338 g/mol. The number of amides is 1. The summed E-state index contributed by atoms with van der Waals surface area (Å²) in [7, 11) is -4.24. The van der Waals surface area contributed by atoms with Crippen LogP contribution in [0.4, 0.5) is 5.69 Å². The Kier molecular flexibility index (Phi) is 4.65. The van der Waals surface area contributed by atoms with Crippen LogP contribution in [-0.4, -0.2) is 18.9 Å². The van der Waals surface area contributed by atoms with E-state index in [0.29, 0.717) is 11.3 Å². The summed E-state index contributed by atoms with van der Waals surface area (Å²) in [6.45, 7) is 0. The molecule has 1 amide bonds. The van der Waals surface area contributed by atoms with Crippen LogP contribution in [0.25, 0.3) is 11.1 Å². The predicted molar refractivity (Wildman–Crippen MR) is 96.1 cm³/mol. The van der Waals surface area contributed by atoms with Gasteiger partial charge in [-0.25, -0.2) is 0 Å². The largest absolute Gasteiger partial charge is 0.322 e. The lowest BCUT2D eigenvalue weighted by atomic mass is 10.0. The molecule has 0 unspecified atom stereocenters. The highest BCUT2D eigenvalue weighted by atomic mass is 32.2. The zero-order valence-electron chi connectivity index (χ0n) is 13.1. The number of benzene rings is 3. The van der Waals surface area contributed by atoms with E-state index in [-0.39, 0.29) is 10.8 Å². The molecule has 3 rings (SSSR count). The maximum atomic E-state index is 12.3. The molecule has 126 valence electrons. The summed E-state index contributed by atoms with van der Waals surface area (Å²) in [5.74, 6) is -0.306. The average Bonchev–Trinajstić information content (AvgIpc) is 2.62. The fourth-order valence-electron chi connectivity index (χ4n) is 2.36. The van der Waals surface area contributed by atoms with Gasteiger partial charge in [0.25, 0.3) is 16.0 Å². The van der Waals surface area contributed by atoms with E-state index in [0.717, 1.165) is 11.1 Å². The number of nitrogens with one attached hydrogen (secondary N) is 1. The third kappa shape index (κ3) is 4.12. The monoisotopic (exact) mass is 353 g/mol. The molecule has 0 atom stereocenters. The topological polar surface area (TPSA) is 83.5 Å². The maximum Gasteiger partial charge on any atom is 0.294 e. The molecule has 0 spiro atoms. The SMILES string of the molecule is O=C(Nc1ccc(S(=O)(=O)O)cc1)c1ccc(-c2ccccc2)cc1. The van der Waals surface area contributed by atoms with E-state index < -0.39 is 10.1 Å². The molecule has 3 aromatic rings. The van der Waals surface area contributed by atoms with Crippen molar-refractivity contribution >= 4 is 21.7 Å². The molecular formula is C19H15NO4S. The van der Waals surface area contributed by atoms with Crippen molar-refractivity contribution in [3.05, 3.63) is 84.4 Å². The molecule has 0 saturated heterocycles. The fourth-order valence-corrected chi connectivity index (χ4v) is 2.84. The van der Waals surface area contributed by atoms with Gasteiger partial charge >= 0.3 is 0 Å². The quantitative estimate of drug-likeness (QED) is 0.698. The Morgan fingerprint density at radius 3 is 1.88 bits per heavy atom. The number of carbonyl (C=O) groups excluding carboxylic acids is 1. The van der Waals surface area contributed by atoms with Gasteiger partial charge in [-0.1, -0.05) is 42.5 Å². The predicted octanol–water partition coefficient (Wildman–Crippen LogP) is 3.85. The van der Waals surface area contributed by atoms with Crippen molar-refractivity contribution in [3.8, 4) is 11.1 Å². The summed E-state index contributed by atoms with van der Waals surface area (Å²) < 4.78 is 31.0. The second-order valence-corrected chi connectivity index (χ2v) is 6.82. The molecule has 0 bridgehead atoms. The van der Waals surface area contributed by atoms with Gasteiger partial charge in [-0.3, -0.25) is 9.35 Å². The first-order chi connectivity index (χ1) is 11.9. The Labute approximate surface area is 145 Å². The molecule has 0 heterocycles. The normalized spacial score (nSPS) is 11.1. The first-order valence-corrected chi connectivity index (χ1v) is 8.92. The van der Waals surface area contributed by atoms with Gasteiger partial charge in [-0.05, 0) is 47.5 Å². The Bertz CT molecular complexity index is 980. The Hall–Kier alpha value is -2.96. The van der Waals surface area contributed by atoms with Crippen LogP contribution < -0.4 is 5.32 Å². The first kappa shape index (κ1) is 16.9. The third-order valence-electron chi connectivity index (χ3n) is 3.66. The van der Waals surface area contributed by atoms with Crippen LogP contribution in [0.15, 0.2) is 83.8 Å². The van der Waals surface area contributed by atoms with Crippen molar-refractivity contribution in [2.75, 3.05) is 5.32 Å². The van der Waals surface area contributed by atoms with E-state index in [1.807, 2.05) is 42.5 Å². The number of hydrogen-bond donors (Lipinski definition) is 2. The molecule has 0 radical (unpaired) electrons. The number of rotatable bonds is 4. The van der Waals surface area contributed by atoms with Gasteiger partial charge in [0.2, 0.25) is 0 Å². The fraction of sp³-hybridized carbons (Fsp3) is 0. The van der Waals surface area contributed by atoms with Crippen molar-refractivity contribution in [1.82, 2.24) is 0 Å². The van der Waals surface area contributed by atoms with E-state index in [2.05, 4.69) is 5.32 Å². The molecule has 3 aromatic carbocycles. The zero-order valence-corrected chi connectivity index (χ0v) is 13.9. The maximum absolute atomic E-state index is 12.3. The van der Waals surface area contributed by atoms with Crippen LogP contribution in [0, 0.1) is 0 Å². The second-order valence-electron chi connectivity index (χ2n) is 5.40. The first-order valence-electron chi connectivity index (χ1n) is 7.48. The lowest BCUT2D eigenvalue weighted by Gasteiger charge is -2.07. The van der Waals surface area contributed by atoms with Crippen molar-refractivity contribution in [2.45, 2.75) is 4.90 Å². The summed E-state index contributed by atoms with van der Waals surface area (Å²) in [6.07, 6.45) is 0. The van der Waals surface area contributed by atoms with Crippen molar-refractivity contribution < 1.29 is 17.8 Å². The van der Waals surface area contributed by atoms with Gasteiger partial charge < -0.3 is 5.32 Å². The van der Waals surface area contributed by atoms with Gasteiger partial charge in [0.15, 0.2) is 0 Å². The van der Waals surface area contributed by atoms with E-state index in [1.54, 1.807) is 12.1 Å². The molecule has 0 aliphatic carbocycles. The summed E-state index contributed by atoms with van der Waals surface area (Å²) in [6, 6.07) is 22.3. The van der Waals surface area contributed by atoms with Crippen molar-refractivity contribution in [2.24, 2.45) is 0 Å². The Morgan fingerprint density at radius 2 is 1.32 bits per heavy atom. The minimum atomic E-state index is -4.24. The number of anilines is 1. The van der Waals surface area contributed by atoms with Gasteiger partial charge in [0.05, 0.1) is 4.90 Å². The lowest BCUT2D eigenvalue weighted by molar-refractivity contribution is 0.102. The van der Waals surface area contributed by atoms with Crippen LogP contribution in [0.2, 0.25) is 0 Å². The molecule has 2 N–H and O–H groups in total. The highest BCUT2D eigenvalue weighted by Gasteiger charge is 2.10. The van der Waals surface area contributed by atoms with Crippen LogP contribution in [0.1, 0.15) is 10.4 Å². The third-order valence-corrected chi connectivity index (χ3v) is 4.53. The average molecular weight is 353 g/mol. The molecule has 5 nitrogen and oxygen atoms in total. The molecule has 0 saturated carbocycles. The van der Waals surface area contributed by atoms with Crippen molar-refractivity contribution in [1.29, 1.82) is 0 Å². The summed E-state index contributed by atoms with van der Waals surface area (Å²) >= 11 is 0. The smallest absolute Gasteiger partial charge is 0.294 e. The highest BCUT2D eigenvalue weighted by Crippen LogP contribution is 2.20. The second kappa shape index (κ2) is 6.88. The van der Waals surface area contributed by atoms with Gasteiger partial charge in [0, 0.05) is 11.3 Å². The van der Waals surface area contributed by atoms with Crippen LogP contribution >= 0.6 is 0 Å². The standard InChI is InChI=1S/C19H15NO4S/c21-19(20-17-10-12-18(13-11-17)25(22,23)24)16-8-6-15(7-9-16)14-4-2-1-3-5-14/h1-13H,(H,20,21)(H,22,23,24). The van der Waals surface area contributed by atoms with Crippen LogP contribution in [0.5, 0.6) is 0 Å². The van der Waals surface area contributed by atoms with E-state index in [1.165, 1.54) is 24.3 Å². The molecule has 0 fully saturated rings. The van der Waals surface area contributed by atoms with E-state index in [9.17, 15) is 13.2 Å². The van der Waals surface area contributed by atoms with Crippen LogP contribution in [0.3, 0.4) is 0 Å². The van der Waals surface area contributed by atoms with E-state index >= 15 is 0 Å². The molecule has 0 aliphatic heterocycles. The lowest BCUT2D eigenvalue weighted by Crippen LogP contribution is -2.11. The van der Waals surface area contributed by atoms with Gasteiger partial charge in [-0.2, -0.15) is 8.42 Å².